The third kappa shape index (κ3) is 2.77. The molecule has 2 aromatic heterocycles. The zero-order valence-corrected chi connectivity index (χ0v) is 10.2. The van der Waals surface area contributed by atoms with Crippen molar-refractivity contribution in [2.24, 2.45) is 0 Å². The predicted octanol–water partition coefficient (Wildman–Crippen LogP) is 2.74. The summed E-state index contributed by atoms with van der Waals surface area (Å²) >= 11 is 0. The number of rotatable bonds is 4. The van der Waals surface area contributed by atoms with Crippen molar-refractivity contribution < 1.29 is 4.42 Å². The van der Waals surface area contributed by atoms with Crippen molar-refractivity contribution in [2.45, 2.75) is 6.54 Å². The van der Waals surface area contributed by atoms with Gasteiger partial charge >= 0.3 is 0 Å². The zero-order valence-electron chi connectivity index (χ0n) is 10.2. The van der Waals surface area contributed by atoms with Gasteiger partial charge in [0.05, 0.1) is 0 Å². The summed E-state index contributed by atoms with van der Waals surface area (Å²) in [5.74, 6) is 0.528. The van der Waals surface area contributed by atoms with Crippen molar-refractivity contribution >= 4 is 5.69 Å². The molecule has 94 valence electrons. The maximum Gasteiger partial charge on any atom is 0.247 e. The lowest BCUT2D eigenvalue weighted by molar-refractivity contribution is 0.568. The van der Waals surface area contributed by atoms with Gasteiger partial charge in [0, 0.05) is 30.2 Å². The fourth-order valence-corrected chi connectivity index (χ4v) is 1.73. The van der Waals surface area contributed by atoms with E-state index in [-0.39, 0.29) is 0 Å². The van der Waals surface area contributed by atoms with E-state index in [1.807, 2.05) is 36.4 Å². The third-order valence-corrected chi connectivity index (χ3v) is 2.74. The van der Waals surface area contributed by atoms with Gasteiger partial charge in [0.25, 0.3) is 0 Å². The van der Waals surface area contributed by atoms with Gasteiger partial charge in [-0.05, 0) is 42.0 Å². The quantitative estimate of drug-likeness (QED) is 0.773. The molecule has 5 heteroatoms. The first kappa shape index (κ1) is 11.4. The summed E-state index contributed by atoms with van der Waals surface area (Å²) in [6.45, 7) is 0.766. The summed E-state index contributed by atoms with van der Waals surface area (Å²) in [5.41, 5.74) is 3.14. The topological polar surface area (TPSA) is 63.8 Å². The molecule has 0 saturated carbocycles. The van der Waals surface area contributed by atoms with Crippen LogP contribution >= 0.6 is 0 Å². The molecule has 3 aromatic rings. The van der Waals surface area contributed by atoms with Crippen LogP contribution in [0.2, 0.25) is 0 Å². The van der Waals surface area contributed by atoms with Crippen molar-refractivity contribution in [3.05, 3.63) is 60.7 Å². The number of hydrogen-bond acceptors (Lipinski definition) is 5. The van der Waals surface area contributed by atoms with Crippen LogP contribution in [-0.4, -0.2) is 15.2 Å². The molecular weight excluding hydrogens is 240 g/mol. The second-order valence-electron chi connectivity index (χ2n) is 4.03. The Morgan fingerprint density at radius 3 is 2.47 bits per heavy atom. The molecule has 0 spiro atoms. The fraction of sp³-hybridized carbons (Fsp3) is 0.0714. The maximum atomic E-state index is 5.14. The third-order valence-electron chi connectivity index (χ3n) is 2.74. The number of benzene rings is 1. The molecule has 5 nitrogen and oxygen atoms in total. The van der Waals surface area contributed by atoms with Crippen molar-refractivity contribution in [2.75, 3.05) is 5.32 Å². The minimum absolute atomic E-state index is 0.528. The van der Waals surface area contributed by atoms with E-state index in [1.54, 1.807) is 12.4 Å². The molecule has 0 atom stereocenters. The Morgan fingerprint density at radius 1 is 1.00 bits per heavy atom. The van der Waals surface area contributed by atoms with Crippen molar-refractivity contribution in [1.82, 2.24) is 15.2 Å². The van der Waals surface area contributed by atoms with E-state index in [0.717, 1.165) is 17.8 Å². The molecule has 0 saturated heterocycles. The van der Waals surface area contributed by atoms with Crippen LogP contribution in [-0.2, 0) is 6.54 Å². The van der Waals surface area contributed by atoms with Crippen LogP contribution < -0.4 is 5.32 Å². The van der Waals surface area contributed by atoms with Crippen LogP contribution in [0, 0.1) is 0 Å². The molecule has 2 heterocycles. The highest BCUT2D eigenvalue weighted by Crippen LogP contribution is 2.19. The Labute approximate surface area is 110 Å². The minimum atomic E-state index is 0.528. The first-order valence-electron chi connectivity index (χ1n) is 5.91. The molecule has 0 unspecified atom stereocenters. The highest BCUT2D eigenvalue weighted by atomic mass is 16.4. The first-order chi connectivity index (χ1) is 9.42. The Kier molecular flexibility index (Phi) is 3.18. The van der Waals surface area contributed by atoms with E-state index in [1.165, 1.54) is 12.0 Å². The van der Waals surface area contributed by atoms with Gasteiger partial charge in [0.1, 0.15) is 0 Å². The highest BCUT2D eigenvalue weighted by Gasteiger charge is 2.02. The monoisotopic (exact) mass is 252 g/mol. The predicted molar refractivity (Wildman–Crippen MR) is 71.3 cm³/mol. The van der Waals surface area contributed by atoms with E-state index >= 15 is 0 Å². The lowest BCUT2D eigenvalue weighted by Gasteiger charge is -2.06. The van der Waals surface area contributed by atoms with Crippen molar-refractivity contribution in [1.29, 1.82) is 0 Å². The van der Waals surface area contributed by atoms with E-state index in [2.05, 4.69) is 20.5 Å². The van der Waals surface area contributed by atoms with Crippen LogP contribution in [0.1, 0.15) is 5.56 Å². The number of anilines is 1. The molecule has 19 heavy (non-hydrogen) atoms. The summed E-state index contributed by atoms with van der Waals surface area (Å²) in [5, 5.41) is 10.9. The SMILES string of the molecule is c1cc(CNc2ccc(-c3nnco3)cc2)ccn1. The van der Waals surface area contributed by atoms with Crippen LogP contribution in [0.25, 0.3) is 11.5 Å². The molecule has 0 radical (unpaired) electrons. The molecular formula is C14H12N4O. The minimum Gasteiger partial charge on any atom is -0.423 e. The molecule has 0 aliphatic heterocycles. The standard InChI is InChI=1S/C14H12N4O/c1-3-13(16-9-11-5-7-15-8-6-11)4-2-12(1)14-18-17-10-19-14/h1-8,10,16H,9H2. The Hall–Kier alpha value is -2.69. The van der Waals surface area contributed by atoms with Crippen LogP contribution in [0.5, 0.6) is 0 Å². The molecule has 0 amide bonds. The molecule has 1 N–H and O–H groups in total. The van der Waals surface area contributed by atoms with E-state index in [0.29, 0.717) is 5.89 Å². The van der Waals surface area contributed by atoms with Gasteiger partial charge in [-0.1, -0.05) is 0 Å². The second-order valence-corrected chi connectivity index (χ2v) is 4.03. The number of pyridine rings is 1. The molecule has 0 fully saturated rings. The van der Waals surface area contributed by atoms with Gasteiger partial charge in [-0.2, -0.15) is 0 Å². The van der Waals surface area contributed by atoms with Crippen molar-refractivity contribution in [3.8, 4) is 11.5 Å². The fourth-order valence-electron chi connectivity index (χ4n) is 1.73. The molecule has 0 aliphatic rings. The summed E-state index contributed by atoms with van der Waals surface area (Å²) in [4.78, 5) is 3.99. The van der Waals surface area contributed by atoms with Crippen LogP contribution in [0.4, 0.5) is 5.69 Å². The van der Waals surface area contributed by atoms with Gasteiger partial charge in [-0.3, -0.25) is 4.98 Å². The molecule has 3 rings (SSSR count). The molecule has 0 bridgehead atoms. The summed E-state index contributed by atoms with van der Waals surface area (Å²) in [7, 11) is 0. The van der Waals surface area contributed by atoms with E-state index in [4.69, 9.17) is 4.42 Å². The summed E-state index contributed by atoms with van der Waals surface area (Å²) in [6, 6.07) is 11.8. The van der Waals surface area contributed by atoms with E-state index in [9.17, 15) is 0 Å². The number of aromatic nitrogens is 3. The first-order valence-corrected chi connectivity index (χ1v) is 5.91. The maximum absolute atomic E-state index is 5.14. The Morgan fingerprint density at radius 2 is 1.79 bits per heavy atom. The Balaban J connectivity index is 1.67. The van der Waals surface area contributed by atoms with Gasteiger partial charge in [0.2, 0.25) is 12.3 Å². The zero-order chi connectivity index (χ0) is 12.9. The average molecular weight is 252 g/mol. The summed E-state index contributed by atoms with van der Waals surface area (Å²) in [6.07, 6.45) is 4.90. The normalized spacial score (nSPS) is 10.3. The lowest BCUT2D eigenvalue weighted by Crippen LogP contribution is -1.98. The Bertz CT molecular complexity index is 620. The van der Waals surface area contributed by atoms with Crippen molar-refractivity contribution in [3.63, 3.8) is 0 Å². The van der Waals surface area contributed by atoms with Crippen LogP contribution in [0.15, 0.2) is 59.6 Å². The van der Waals surface area contributed by atoms with Gasteiger partial charge in [-0.15, -0.1) is 10.2 Å². The number of nitrogens with one attached hydrogen (secondary N) is 1. The number of nitrogens with zero attached hydrogens (tertiary/aromatic N) is 3. The summed E-state index contributed by atoms with van der Waals surface area (Å²) < 4.78 is 5.14. The molecule has 0 aliphatic carbocycles. The van der Waals surface area contributed by atoms with Gasteiger partial charge < -0.3 is 9.73 Å². The highest BCUT2D eigenvalue weighted by molar-refractivity contribution is 5.58. The molecule has 1 aromatic carbocycles. The van der Waals surface area contributed by atoms with Crippen LogP contribution in [0.3, 0.4) is 0 Å². The smallest absolute Gasteiger partial charge is 0.247 e. The average Bonchev–Trinajstić information content (AvgIpc) is 3.01. The largest absolute Gasteiger partial charge is 0.423 e. The second kappa shape index (κ2) is 5.30. The lowest BCUT2D eigenvalue weighted by atomic mass is 10.2. The van der Waals surface area contributed by atoms with Gasteiger partial charge in [0.15, 0.2) is 0 Å². The van der Waals surface area contributed by atoms with Gasteiger partial charge in [-0.25, -0.2) is 0 Å². The van der Waals surface area contributed by atoms with E-state index < -0.39 is 0 Å². The number of hydrogen-bond donors (Lipinski definition) is 1.